The molecule has 1 heterocycles. The van der Waals surface area contributed by atoms with Gasteiger partial charge in [-0.25, -0.2) is 9.67 Å². The van der Waals surface area contributed by atoms with Crippen molar-refractivity contribution in [3.05, 3.63) is 46.5 Å². The number of benzene rings is 1. The summed E-state index contributed by atoms with van der Waals surface area (Å²) in [6, 6.07) is 8.51. The summed E-state index contributed by atoms with van der Waals surface area (Å²) in [6.07, 6.45) is 2.56. The van der Waals surface area contributed by atoms with Gasteiger partial charge in [-0.15, -0.1) is 0 Å². The van der Waals surface area contributed by atoms with Crippen LogP contribution in [0, 0.1) is 5.92 Å². The van der Waals surface area contributed by atoms with Gasteiger partial charge in [-0.05, 0) is 23.6 Å². The van der Waals surface area contributed by atoms with Gasteiger partial charge in [-0.1, -0.05) is 57.8 Å². The van der Waals surface area contributed by atoms with Crippen LogP contribution in [-0.4, -0.2) is 20.1 Å². The van der Waals surface area contributed by atoms with Crippen molar-refractivity contribution in [3.8, 4) is 0 Å². The lowest BCUT2D eigenvalue weighted by Gasteiger charge is -2.15. The molecule has 1 aromatic heterocycles. The summed E-state index contributed by atoms with van der Waals surface area (Å²) in [5.41, 5.74) is 1.32. The lowest BCUT2D eigenvalue weighted by atomic mass is 9.97. The van der Waals surface area contributed by atoms with Crippen molar-refractivity contribution in [2.45, 2.75) is 32.7 Å². The molecule has 20 heavy (non-hydrogen) atoms. The van der Waals surface area contributed by atoms with E-state index in [1.165, 1.54) is 5.56 Å². The van der Waals surface area contributed by atoms with Crippen LogP contribution in [0.3, 0.4) is 0 Å². The minimum absolute atomic E-state index is 0.415. The smallest absolute Gasteiger partial charge is 0.138 e. The Kier molecular flexibility index (Phi) is 5.78. The molecule has 0 radical (unpaired) electrons. The molecule has 5 heteroatoms. The molecule has 0 N–H and O–H groups in total. The van der Waals surface area contributed by atoms with Crippen LogP contribution in [0.5, 0.6) is 0 Å². The first-order valence-corrected chi connectivity index (χ1v) is 8.69. The highest BCUT2D eigenvalue weighted by molar-refractivity contribution is 9.10. The number of nitrogens with zero attached hydrogens (tertiary/aromatic N) is 3. The quantitative estimate of drug-likeness (QED) is 0.672. The molecule has 0 aliphatic rings. The Morgan fingerprint density at radius 2 is 1.90 bits per heavy atom. The first kappa shape index (κ1) is 15.7. The van der Waals surface area contributed by atoms with E-state index in [0.717, 1.165) is 28.6 Å². The maximum absolute atomic E-state index is 4.42. The Morgan fingerprint density at radius 1 is 1.20 bits per heavy atom. The summed E-state index contributed by atoms with van der Waals surface area (Å²) < 4.78 is 3.14. The molecule has 1 aromatic carbocycles. The molecule has 0 saturated heterocycles. The van der Waals surface area contributed by atoms with Gasteiger partial charge in [0.25, 0.3) is 0 Å². The Hall–Kier alpha value is -0.680. The van der Waals surface area contributed by atoms with Crippen molar-refractivity contribution >= 4 is 31.9 Å². The van der Waals surface area contributed by atoms with E-state index in [9.17, 15) is 0 Å². The van der Waals surface area contributed by atoms with Crippen LogP contribution in [0.4, 0.5) is 0 Å². The van der Waals surface area contributed by atoms with Crippen LogP contribution < -0.4 is 0 Å². The zero-order valence-electron chi connectivity index (χ0n) is 11.8. The summed E-state index contributed by atoms with van der Waals surface area (Å²) in [7, 11) is 0. The summed E-state index contributed by atoms with van der Waals surface area (Å²) >= 11 is 7.10. The molecule has 0 saturated carbocycles. The third-order valence-corrected chi connectivity index (χ3v) is 4.50. The molecule has 0 bridgehead atoms. The van der Waals surface area contributed by atoms with E-state index in [-0.39, 0.29) is 0 Å². The van der Waals surface area contributed by atoms with Crippen molar-refractivity contribution in [2.24, 2.45) is 5.92 Å². The van der Waals surface area contributed by atoms with Crippen LogP contribution in [0.2, 0.25) is 0 Å². The van der Waals surface area contributed by atoms with Crippen LogP contribution in [0.15, 0.2) is 35.1 Å². The van der Waals surface area contributed by atoms with Gasteiger partial charge >= 0.3 is 0 Å². The molecule has 2 rings (SSSR count). The lowest BCUT2D eigenvalue weighted by molar-refractivity contribution is 0.461. The Balaban J connectivity index is 2.14. The van der Waals surface area contributed by atoms with Crippen LogP contribution in [-0.2, 0) is 13.0 Å². The lowest BCUT2D eigenvalue weighted by Crippen LogP contribution is -2.14. The monoisotopic (exact) mass is 399 g/mol. The molecular weight excluding hydrogens is 382 g/mol. The highest BCUT2D eigenvalue weighted by Gasteiger charge is 2.15. The van der Waals surface area contributed by atoms with E-state index in [1.807, 2.05) is 4.68 Å². The fourth-order valence-electron chi connectivity index (χ4n) is 2.16. The topological polar surface area (TPSA) is 30.7 Å². The number of hydrogen-bond donors (Lipinski definition) is 0. The molecule has 1 unspecified atom stereocenters. The Morgan fingerprint density at radius 3 is 2.50 bits per heavy atom. The first-order valence-electron chi connectivity index (χ1n) is 6.78. The maximum Gasteiger partial charge on any atom is 0.138 e. The molecule has 3 nitrogen and oxygen atoms in total. The number of halogens is 2. The van der Waals surface area contributed by atoms with Crippen molar-refractivity contribution in [2.75, 3.05) is 5.33 Å². The molecule has 0 fully saturated rings. The zero-order chi connectivity index (χ0) is 14.5. The zero-order valence-corrected chi connectivity index (χ0v) is 14.9. The molecule has 108 valence electrons. The standard InChI is InChI=1S/C15H19Br2N3/c1-11(2)9-20-15(18-10-19-20)7-13(8-16)12-3-5-14(17)6-4-12/h3-6,10-11,13H,7-9H2,1-2H3. The van der Waals surface area contributed by atoms with Crippen molar-refractivity contribution in [1.82, 2.24) is 14.8 Å². The van der Waals surface area contributed by atoms with Crippen molar-refractivity contribution in [3.63, 3.8) is 0 Å². The highest BCUT2D eigenvalue weighted by Crippen LogP contribution is 2.24. The van der Waals surface area contributed by atoms with Gasteiger partial charge in [-0.3, -0.25) is 0 Å². The summed E-state index contributed by atoms with van der Waals surface area (Å²) in [5.74, 6) is 2.05. The first-order chi connectivity index (χ1) is 9.60. The predicted molar refractivity (Wildman–Crippen MR) is 89.2 cm³/mol. The predicted octanol–water partition coefficient (Wildman–Crippen LogP) is 4.42. The number of aromatic nitrogens is 3. The van der Waals surface area contributed by atoms with Gasteiger partial charge in [-0.2, -0.15) is 5.10 Å². The van der Waals surface area contributed by atoms with Crippen LogP contribution >= 0.6 is 31.9 Å². The van der Waals surface area contributed by atoms with Gasteiger partial charge < -0.3 is 0 Å². The van der Waals surface area contributed by atoms with Gasteiger partial charge in [0.2, 0.25) is 0 Å². The molecule has 0 spiro atoms. The van der Waals surface area contributed by atoms with Crippen LogP contribution in [0.1, 0.15) is 31.2 Å². The SMILES string of the molecule is CC(C)Cn1ncnc1CC(CBr)c1ccc(Br)cc1. The average Bonchev–Trinajstić information content (AvgIpc) is 2.83. The van der Waals surface area contributed by atoms with E-state index >= 15 is 0 Å². The third-order valence-electron chi connectivity index (χ3n) is 3.19. The van der Waals surface area contributed by atoms with E-state index in [4.69, 9.17) is 0 Å². The van der Waals surface area contributed by atoms with Gasteiger partial charge in [0.1, 0.15) is 12.2 Å². The largest absolute Gasteiger partial charge is 0.250 e. The third kappa shape index (κ3) is 4.16. The van der Waals surface area contributed by atoms with Gasteiger partial charge in [0, 0.05) is 28.7 Å². The molecular formula is C15H19Br2N3. The van der Waals surface area contributed by atoms with Gasteiger partial charge in [0.05, 0.1) is 0 Å². The molecule has 2 aromatic rings. The van der Waals surface area contributed by atoms with Crippen molar-refractivity contribution in [1.29, 1.82) is 0 Å². The van der Waals surface area contributed by atoms with E-state index in [0.29, 0.717) is 11.8 Å². The number of alkyl halides is 1. The molecule has 1 atom stereocenters. The Bertz CT molecular complexity index is 534. The number of hydrogen-bond acceptors (Lipinski definition) is 2. The maximum atomic E-state index is 4.42. The fourth-order valence-corrected chi connectivity index (χ4v) is 3.03. The summed E-state index contributed by atoms with van der Waals surface area (Å²) in [5, 5.41) is 5.25. The van der Waals surface area contributed by atoms with Crippen molar-refractivity contribution < 1.29 is 0 Å². The van der Waals surface area contributed by atoms with E-state index < -0.39 is 0 Å². The Labute approximate surface area is 137 Å². The minimum atomic E-state index is 0.415. The molecule has 0 aliphatic heterocycles. The number of rotatable bonds is 6. The second kappa shape index (κ2) is 7.36. The minimum Gasteiger partial charge on any atom is -0.250 e. The van der Waals surface area contributed by atoms with E-state index in [2.05, 4.69) is 80.1 Å². The second-order valence-corrected chi connectivity index (χ2v) is 6.92. The average molecular weight is 401 g/mol. The van der Waals surface area contributed by atoms with Gasteiger partial charge in [0.15, 0.2) is 0 Å². The van der Waals surface area contributed by atoms with E-state index in [1.54, 1.807) is 6.33 Å². The second-order valence-electron chi connectivity index (χ2n) is 5.36. The molecule has 0 amide bonds. The van der Waals surface area contributed by atoms with Crippen LogP contribution in [0.25, 0.3) is 0 Å². The normalized spacial score (nSPS) is 12.8. The summed E-state index contributed by atoms with van der Waals surface area (Å²) in [4.78, 5) is 4.42. The fraction of sp³-hybridized carbons (Fsp3) is 0.467. The highest BCUT2D eigenvalue weighted by atomic mass is 79.9. The summed E-state index contributed by atoms with van der Waals surface area (Å²) in [6.45, 7) is 5.31. The molecule has 0 aliphatic carbocycles.